The Morgan fingerprint density at radius 2 is 2.00 bits per heavy atom. The molecule has 1 saturated carbocycles. The first kappa shape index (κ1) is 11.9. The van der Waals surface area contributed by atoms with E-state index in [1.807, 2.05) is 13.8 Å². The van der Waals surface area contributed by atoms with Gasteiger partial charge in [-0.3, -0.25) is 0 Å². The van der Waals surface area contributed by atoms with Crippen molar-refractivity contribution in [1.82, 2.24) is 0 Å². The third-order valence-corrected chi connectivity index (χ3v) is 1.95. The zero-order valence-corrected chi connectivity index (χ0v) is 8.55. The Labute approximate surface area is 75.9 Å². The van der Waals surface area contributed by atoms with Gasteiger partial charge < -0.3 is 9.84 Å². The Balaban J connectivity index is 0.000000561. The maximum atomic E-state index is 9.29. The third kappa shape index (κ3) is 4.07. The van der Waals surface area contributed by atoms with E-state index in [0.717, 1.165) is 32.3 Å². The summed E-state index contributed by atoms with van der Waals surface area (Å²) < 4.78 is 5.41. The lowest BCUT2D eigenvalue weighted by Gasteiger charge is -2.14. The smallest absolute Gasteiger partial charge is 0.0833 e. The highest BCUT2D eigenvalue weighted by Gasteiger charge is 2.25. The highest BCUT2D eigenvalue weighted by atomic mass is 16.5. The summed E-state index contributed by atoms with van der Waals surface area (Å²) >= 11 is 0. The summed E-state index contributed by atoms with van der Waals surface area (Å²) in [6.45, 7) is 6.88. The second-order valence-corrected chi connectivity index (χ2v) is 2.91. The Bertz CT molecular complexity index is 93.8. The van der Waals surface area contributed by atoms with Crippen molar-refractivity contribution in [2.75, 3.05) is 6.61 Å². The molecule has 1 aliphatic carbocycles. The lowest BCUT2D eigenvalue weighted by molar-refractivity contribution is -0.0181. The van der Waals surface area contributed by atoms with Gasteiger partial charge in [-0.2, -0.15) is 0 Å². The first-order chi connectivity index (χ1) is 5.84. The maximum absolute atomic E-state index is 9.29. The number of hydrogen-bond acceptors (Lipinski definition) is 2. The predicted molar refractivity (Wildman–Crippen MR) is 51.2 cm³/mol. The largest absolute Gasteiger partial charge is 0.390 e. The van der Waals surface area contributed by atoms with Crippen molar-refractivity contribution < 1.29 is 9.84 Å². The molecule has 0 saturated heterocycles. The third-order valence-electron chi connectivity index (χ3n) is 1.95. The van der Waals surface area contributed by atoms with Crippen LogP contribution in [0.2, 0.25) is 0 Å². The van der Waals surface area contributed by atoms with Crippen molar-refractivity contribution >= 4 is 0 Å². The molecule has 1 aliphatic rings. The summed E-state index contributed by atoms with van der Waals surface area (Å²) in [7, 11) is 0. The van der Waals surface area contributed by atoms with Crippen LogP contribution in [0.3, 0.4) is 0 Å². The molecule has 0 aromatic rings. The topological polar surface area (TPSA) is 29.5 Å². The van der Waals surface area contributed by atoms with Crippen LogP contribution in [0.5, 0.6) is 0 Å². The molecule has 0 radical (unpaired) electrons. The van der Waals surface area contributed by atoms with Gasteiger partial charge in [0.15, 0.2) is 0 Å². The van der Waals surface area contributed by atoms with E-state index in [1.54, 1.807) is 0 Å². The highest BCUT2D eigenvalue weighted by Crippen LogP contribution is 2.21. The van der Waals surface area contributed by atoms with Crippen LogP contribution in [0.1, 0.15) is 46.5 Å². The van der Waals surface area contributed by atoms with E-state index in [2.05, 4.69) is 6.92 Å². The molecular formula is C10H22O2. The van der Waals surface area contributed by atoms with E-state index in [1.165, 1.54) is 0 Å². The average molecular weight is 174 g/mol. The molecule has 2 heteroatoms. The van der Waals surface area contributed by atoms with Gasteiger partial charge in [-0.15, -0.1) is 0 Å². The van der Waals surface area contributed by atoms with E-state index < -0.39 is 0 Å². The molecule has 0 bridgehead atoms. The van der Waals surface area contributed by atoms with Crippen LogP contribution in [0.4, 0.5) is 0 Å². The summed E-state index contributed by atoms with van der Waals surface area (Å²) in [5, 5.41) is 9.29. The molecule has 1 N–H and O–H groups in total. The minimum Gasteiger partial charge on any atom is -0.390 e. The number of aliphatic hydroxyl groups excluding tert-OH is 1. The fourth-order valence-corrected chi connectivity index (χ4v) is 1.37. The molecule has 1 rings (SSSR count). The standard InChI is InChI=1S/C8H16O2.C2H6/c1-2-6-10-8-5-3-4-7(8)9;1-2/h7-9H,2-6H2,1H3;1-2H3. The number of rotatable bonds is 3. The molecular weight excluding hydrogens is 152 g/mol. The zero-order valence-electron chi connectivity index (χ0n) is 8.55. The molecule has 2 atom stereocenters. The van der Waals surface area contributed by atoms with Gasteiger partial charge in [-0.05, 0) is 25.7 Å². The summed E-state index contributed by atoms with van der Waals surface area (Å²) in [4.78, 5) is 0. The van der Waals surface area contributed by atoms with E-state index in [0.29, 0.717) is 0 Å². The van der Waals surface area contributed by atoms with Crippen molar-refractivity contribution in [2.24, 2.45) is 0 Å². The van der Waals surface area contributed by atoms with Crippen LogP contribution < -0.4 is 0 Å². The molecule has 2 unspecified atom stereocenters. The van der Waals surface area contributed by atoms with Gasteiger partial charge in [0.1, 0.15) is 0 Å². The fourth-order valence-electron chi connectivity index (χ4n) is 1.37. The maximum Gasteiger partial charge on any atom is 0.0833 e. The van der Waals surface area contributed by atoms with Crippen molar-refractivity contribution in [1.29, 1.82) is 0 Å². The highest BCUT2D eigenvalue weighted by molar-refractivity contribution is 4.76. The minimum atomic E-state index is -0.188. The Kier molecular flexibility index (Phi) is 7.51. The summed E-state index contributed by atoms with van der Waals surface area (Å²) in [6.07, 6.45) is 4.08. The zero-order chi connectivity index (χ0) is 9.40. The normalized spacial score (nSPS) is 28.0. The van der Waals surface area contributed by atoms with E-state index in [9.17, 15) is 5.11 Å². The summed E-state index contributed by atoms with van der Waals surface area (Å²) in [5.41, 5.74) is 0. The number of ether oxygens (including phenoxy) is 1. The van der Waals surface area contributed by atoms with Crippen LogP contribution in [0, 0.1) is 0 Å². The number of aliphatic hydroxyl groups is 1. The molecule has 0 amide bonds. The van der Waals surface area contributed by atoms with Crippen LogP contribution in [0.15, 0.2) is 0 Å². The Morgan fingerprint density at radius 1 is 1.33 bits per heavy atom. The van der Waals surface area contributed by atoms with E-state index in [-0.39, 0.29) is 12.2 Å². The molecule has 12 heavy (non-hydrogen) atoms. The molecule has 1 fully saturated rings. The van der Waals surface area contributed by atoms with Gasteiger partial charge in [0.2, 0.25) is 0 Å². The quantitative estimate of drug-likeness (QED) is 0.711. The van der Waals surface area contributed by atoms with Crippen molar-refractivity contribution in [2.45, 2.75) is 58.7 Å². The van der Waals surface area contributed by atoms with Crippen LogP contribution in [-0.4, -0.2) is 23.9 Å². The van der Waals surface area contributed by atoms with Crippen LogP contribution in [0.25, 0.3) is 0 Å². The lowest BCUT2D eigenvalue weighted by atomic mass is 10.2. The molecule has 0 heterocycles. The molecule has 0 spiro atoms. The van der Waals surface area contributed by atoms with Crippen molar-refractivity contribution in [3.8, 4) is 0 Å². The molecule has 2 nitrogen and oxygen atoms in total. The van der Waals surface area contributed by atoms with Gasteiger partial charge in [0.05, 0.1) is 12.2 Å². The predicted octanol–water partition coefficient (Wildman–Crippen LogP) is 2.35. The van der Waals surface area contributed by atoms with E-state index >= 15 is 0 Å². The SMILES string of the molecule is CC.CCCOC1CCCC1O. The second kappa shape index (κ2) is 7.56. The van der Waals surface area contributed by atoms with Gasteiger partial charge in [0.25, 0.3) is 0 Å². The monoisotopic (exact) mass is 174 g/mol. The first-order valence-corrected chi connectivity index (χ1v) is 5.14. The number of hydrogen-bond donors (Lipinski definition) is 1. The van der Waals surface area contributed by atoms with Crippen molar-refractivity contribution in [3.63, 3.8) is 0 Å². The van der Waals surface area contributed by atoms with Crippen molar-refractivity contribution in [3.05, 3.63) is 0 Å². The van der Waals surface area contributed by atoms with E-state index in [4.69, 9.17) is 4.74 Å². The fraction of sp³-hybridized carbons (Fsp3) is 1.00. The van der Waals surface area contributed by atoms with Crippen LogP contribution in [-0.2, 0) is 4.74 Å². The summed E-state index contributed by atoms with van der Waals surface area (Å²) in [6, 6.07) is 0. The van der Waals surface area contributed by atoms with Crippen LogP contribution >= 0.6 is 0 Å². The molecule has 0 aliphatic heterocycles. The Morgan fingerprint density at radius 3 is 2.42 bits per heavy atom. The molecule has 0 aromatic heterocycles. The Hall–Kier alpha value is -0.0800. The second-order valence-electron chi connectivity index (χ2n) is 2.91. The van der Waals surface area contributed by atoms with Gasteiger partial charge in [0, 0.05) is 6.61 Å². The lowest BCUT2D eigenvalue weighted by Crippen LogP contribution is -2.22. The average Bonchev–Trinajstić information content (AvgIpc) is 2.51. The molecule has 74 valence electrons. The first-order valence-electron chi connectivity index (χ1n) is 5.14. The van der Waals surface area contributed by atoms with Gasteiger partial charge in [-0.25, -0.2) is 0 Å². The molecule has 0 aromatic carbocycles. The van der Waals surface area contributed by atoms with Gasteiger partial charge in [-0.1, -0.05) is 20.8 Å². The summed E-state index contributed by atoms with van der Waals surface area (Å²) in [5.74, 6) is 0. The van der Waals surface area contributed by atoms with Gasteiger partial charge >= 0.3 is 0 Å². The minimum absolute atomic E-state index is 0.139.